The number of pyridine rings is 1. The highest BCUT2D eigenvalue weighted by atomic mass is 32.2. The van der Waals surface area contributed by atoms with Gasteiger partial charge in [-0.05, 0) is 49.9 Å². The average molecular weight is 238 g/mol. The van der Waals surface area contributed by atoms with Gasteiger partial charge >= 0.3 is 0 Å². The fourth-order valence-electron chi connectivity index (χ4n) is 1.63. The van der Waals surface area contributed by atoms with Crippen LogP contribution in [0.1, 0.15) is 37.1 Å². The maximum Gasteiger partial charge on any atom is 0.0372 e. The normalized spacial score (nSPS) is 12.7. The van der Waals surface area contributed by atoms with Crippen molar-refractivity contribution in [3.05, 3.63) is 29.6 Å². The van der Waals surface area contributed by atoms with Crippen molar-refractivity contribution in [3.63, 3.8) is 0 Å². The van der Waals surface area contributed by atoms with Gasteiger partial charge in [0.25, 0.3) is 0 Å². The van der Waals surface area contributed by atoms with Crippen LogP contribution in [0.2, 0.25) is 0 Å². The van der Waals surface area contributed by atoms with Crippen LogP contribution in [0.15, 0.2) is 18.3 Å². The van der Waals surface area contributed by atoms with Crippen molar-refractivity contribution in [2.45, 2.75) is 32.7 Å². The van der Waals surface area contributed by atoms with Gasteiger partial charge in [-0.3, -0.25) is 4.98 Å². The van der Waals surface area contributed by atoms with Crippen molar-refractivity contribution in [1.29, 1.82) is 0 Å². The van der Waals surface area contributed by atoms with E-state index in [-0.39, 0.29) is 0 Å². The van der Waals surface area contributed by atoms with Gasteiger partial charge in [0.1, 0.15) is 0 Å². The highest BCUT2D eigenvalue weighted by Gasteiger charge is 2.09. The van der Waals surface area contributed by atoms with E-state index in [2.05, 4.69) is 35.6 Å². The topological polar surface area (TPSA) is 24.9 Å². The zero-order chi connectivity index (χ0) is 11.8. The Morgan fingerprint density at radius 2 is 2.25 bits per heavy atom. The summed E-state index contributed by atoms with van der Waals surface area (Å²) in [5.74, 6) is 1.19. The van der Waals surface area contributed by atoms with Crippen LogP contribution < -0.4 is 5.32 Å². The molecule has 1 N–H and O–H groups in total. The fourth-order valence-corrected chi connectivity index (χ4v) is 2.10. The average Bonchev–Trinajstić information content (AvgIpc) is 2.31. The Labute approximate surface area is 103 Å². The van der Waals surface area contributed by atoms with Crippen molar-refractivity contribution in [2.24, 2.45) is 0 Å². The molecule has 0 radical (unpaired) electrons. The highest BCUT2D eigenvalue weighted by Crippen LogP contribution is 2.18. The summed E-state index contributed by atoms with van der Waals surface area (Å²) >= 11 is 1.90. The third-order valence-corrected chi connectivity index (χ3v) is 3.23. The van der Waals surface area contributed by atoms with Gasteiger partial charge in [0, 0.05) is 17.9 Å². The molecule has 0 bridgehead atoms. The summed E-state index contributed by atoms with van der Waals surface area (Å²) in [4.78, 5) is 4.37. The second kappa shape index (κ2) is 7.69. The van der Waals surface area contributed by atoms with Gasteiger partial charge in [0.15, 0.2) is 0 Å². The summed E-state index contributed by atoms with van der Waals surface area (Å²) in [7, 11) is 0. The van der Waals surface area contributed by atoms with E-state index in [0.29, 0.717) is 6.04 Å². The summed E-state index contributed by atoms with van der Waals surface area (Å²) < 4.78 is 0. The second-order valence-corrected chi connectivity index (χ2v) is 5.01. The van der Waals surface area contributed by atoms with Crippen LogP contribution in [0.3, 0.4) is 0 Å². The van der Waals surface area contributed by atoms with Gasteiger partial charge < -0.3 is 5.32 Å². The minimum Gasteiger partial charge on any atom is -0.310 e. The first-order chi connectivity index (χ1) is 7.77. The van der Waals surface area contributed by atoms with Crippen LogP contribution >= 0.6 is 11.8 Å². The minimum atomic E-state index is 0.459. The number of aromatic nitrogens is 1. The molecule has 1 aromatic rings. The number of rotatable bonds is 7. The van der Waals surface area contributed by atoms with Gasteiger partial charge in [-0.25, -0.2) is 0 Å². The molecule has 0 aromatic carbocycles. The predicted octanol–water partition coefficient (Wildman–Crippen LogP) is 3.18. The van der Waals surface area contributed by atoms with Crippen molar-refractivity contribution in [2.75, 3.05) is 18.6 Å². The molecule has 0 fully saturated rings. The maximum atomic E-state index is 4.37. The van der Waals surface area contributed by atoms with E-state index in [1.807, 2.05) is 24.9 Å². The van der Waals surface area contributed by atoms with Gasteiger partial charge in [0.05, 0.1) is 0 Å². The molecular formula is C13H22N2S. The Balaban J connectivity index is 2.62. The number of nitrogens with zero attached hydrogens (tertiary/aromatic N) is 1. The quantitative estimate of drug-likeness (QED) is 0.789. The lowest BCUT2D eigenvalue weighted by molar-refractivity contribution is 0.520. The number of hydrogen-bond acceptors (Lipinski definition) is 3. The predicted molar refractivity (Wildman–Crippen MR) is 73.0 cm³/mol. The zero-order valence-corrected chi connectivity index (χ0v) is 11.3. The van der Waals surface area contributed by atoms with E-state index in [4.69, 9.17) is 0 Å². The van der Waals surface area contributed by atoms with Crippen LogP contribution in [-0.4, -0.2) is 23.5 Å². The van der Waals surface area contributed by atoms with Crippen LogP contribution in [0, 0.1) is 6.92 Å². The standard InChI is InChI=1S/C13H22N2S/c1-4-8-14-13(7-9-16-3)12-6-5-11(2)15-10-12/h5-6,10,13-14H,4,7-9H2,1-3H3. The monoisotopic (exact) mass is 238 g/mol. The minimum absolute atomic E-state index is 0.459. The number of aryl methyl sites for hydroxylation is 1. The molecule has 1 heterocycles. The Hall–Kier alpha value is -0.540. The molecule has 0 saturated heterocycles. The molecular weight excluding hydrogens is 216 g/mol. The number of nitrogens with one attached hydrogen (secondary N) is 1. The van der Waals surface area contributed by atoms with Crippen LogP contribution in [0.5, 0.6) is 0 Å². The largest absolute Gasteiger partial charge is 0.310 e. The molecule has 0 spiro atoms. The molecule has 90 valence electrons. The Kier molecular flexibility index (Phi) is 6.50. The molecule has 1 atom stereocenters. The highest BCUT2D eigenvalue weighted by molar-refractivity contribution is 7.98. The molecule has 1 rings (SSSR count). The Morgan fingerprint density at radius 1 is 1.44 bits per heavy atom. The molecule has 0 aliphatic rings. The van der Waals surface area contributed by atoms with E-state index in [9.17, 15) is 0 Å². The summed E-state index contributed by atoms with van der Waals surface area (Å²) in [5, 5.41) is 3.59. The Bertz CT molecular complexity index is 276. The van der Waals surface area contributed by atoms with E-state index in [0.717, 1.165) is 12.2 Å². The molecule has 0 amide bonds. The van der Waals surface area contributed by atoms with Crippen molar-refractivity contribution in [1.82, 2.24) is 10.3 Å². The first kappa shape index (κ1) is 13.5. The molecule has 1 unspecified atom stereocenters. The summed E-state index contributed by atoms with van der Waals surface area (Å²) in [5.41, 5.74) is 2.40. The zero-order valence-electron chi connectivity index (χ0n) is 10.5. The van der Waals surface area contributed by atoms with E-state index in [1.165, 1.54) is 24.2 Å². The molecule has 0 aliphatic carbocycles. The first-order valence-electron chi connectivity index (χ1n) is 5.92. The third-order valence-electron chi connectivity index (χ3n) is 2.59. The summed E-state index contributed by atoms with van der Waals surface area (Å²) in [6, 6.07) is 4.74. The second-order valence-electron chi connectivity index (χ2n) is 4.02. The van der Waals surface area contributed by atoms with Gasteiger partial charge in [-0.1, -0.05) is 13.0 Å². The molecule has 0 saturated carbocycles. The van der Waals surface area contributed by atoms with Gasteiger partial charge in [-0.2, -0.15) is 11.8 Å². The summed E-state index contributed by atoms with van der Waals surface area (Å²) in [6.45, 7) is 5.30. The lowest BCUT2D eigenvalue weighted by Crippen LogP contribution is -2.22. The van der Waals surface area contributed by atoms with Crippen molar-refractivity contribution >= 4 is 11.8 Å². The fraction of sp³-hybridized carbons (Fsp3) is 0.615. The van der Waals surface area contributed by atoms with E-state index >= 15 is 0 Å². The van der Waals surface area contributed by atoms with Crippen LogP contribution in [0.4, 0.5) is 0 Å². The van der Waals surface area contributed by atoms with Crippen molar-refractivity contribution < 1.29 is 0 Å². The molecule has 0 aliphatic heterocycles. The molecule has 2 nitrogen and oxygen atoms in total. The van der Waals surface area contributed by atoms with E-state index in [1.54, 1.807) is 0 Å². The lowest BCUT2D eigenvalue weighted by Gasteiger charge is -2.18. The SMILES string of the molecule is CCCNC(CCSC)c1ccc(C)nc1. The summed E-state index contributed by atoms with van der Waals surface area (Å²) in [6.07, 6.45) is 6.51. The molecule has 1 aromatic heterocycles. The third kappa shape index (κ3) is 4.54. The van der Waals surface area contributed by atoms with Gasteiger partial charge in [0.2, 0.25) is 0 Å². The molecule has 16 heavy (non-hydrogen) atoms. The number of hydrogen-bond donors (Lipinski definition) is 1. The molecule has 3 heteroatoms. The van der Waals surface area contributed by atoms with Crippen LogP contribution in [0.25, 0.3) is 0 Å². The maximum absolute atomic E-state index is 4.37. The first-order valence-corrected chi connectivity index (χ1v) is 7.32. The van der Waals surface area contributed by atoms with E-state index < -0.39 is 0 Å². The van der Waals surface area contributed by atoms with Crippen LogP contribution in [-0.2, 0) is 0 Å². The Morgan fingerprint density at radius 3 is 2.81 bits per heavy atom. The number of thioether (sulfide) groups is 1. The van der Waals surface area contributed by atoms with Crippen molar-refractivity contribution in [3.8, 4) is 0 Å². The smallest absolute Gasteiger partial charge is 0.0372 e. The lowest BCUT2D eigenvalue weighted by atomic mass is 10.1. The van der Waals surface area contributed by atoms with Gasteiger partial charge in [-0.15, -0.1) is 0 Å².